The van der Waals surface area contributed by atoms with Crippen LogP contribution >= 0.6 is 0 Å². The molecule has 3 rings (SSSR count). The van der Waals surface area contributed by atoms with Crippen LogP contribution in [0.3, 0.4) is 0 Å². The van der Waals surface area contributed by atoms with Crippen molar-refractivity contribution in [2.24, 2.45) is 0 Å². The van der Waals surface area contributed by atoms with E-state index in [0.29, 0.717) is 23.9 Å². The van der Waals surface area contributed by atoms with Crippen LogP contribution in [0.15, 0.2) is 9.05 Å². The fourth-order valence-electron chi connectivity index (χ4n) is 2.82. The normalized spacial score (nSPS) is 14.1. The number of aryl methyl sites for hydroxylation is 2. The second kappa shape index (κ2) is 6.52. The highest BCUT2D eigenvalue weighted by Gasteiger charge is 2.30. The summed E-state index contributed by atoms with van der Waals surface area (Å²) in [6.45, 7) is 6.15. The monoisotopic (exact) mass is 318 g/mol. The molecular weight excluding hydrogens is 296 g/mol. The lowest BCUT2D eigenvalue weighted by Gasteiger charge is -2.24. The van der Waals surface area contributed by atoms with Crippen molar-refractivity contribution in [2.45, 2.75) is 65.5 Å². The number of hydrogen-bond acceptors (Lipinski definition) is 6. The van der Waals surface area contributed by atoms with E-state index in [9.17, 15) is 4.79 Å². The first-order chi connectivity index (χ1) is 11.1. The number of hydrogen-bond donors (Lipinski definition) is 0. The molecule has 0 spiro atoms. The van der Waals surface area contributed by atoms with Crippen LogP contribution in [0.4, 0.5) is 0 Å². The van der Waals surface area contributed by atoms with E-state index < -0.39 is 0 Å². The van der Waals surface area contributed by atoms with Crippen molar-refractivity contribution in [3.05, 3.63) is 28.7 Å². The van der Waals surface area contributed by atoms with Gasteiger partial charge in [0.05, 0.1) is 5.69 Å². The van der Waals surface area contributed by atoms with Gasteiger partial charge in [0, 0.05) is 18.0 Å². The summed E-state index contributed by atoms with van der Waals surface area (Å²) in [5.41, 5.74) is 1.89. The van der Waals surface area contributed by atoms with Crippen LogP contribution in [-0.2, 0) is 25.8 Å². The van der Waals surface area contributed by atoms with Gasteiger partial charge in [-0.3, -0.25) is 4.79 Å². The summed E-state index contributed by atoms with van der Waals surface area (Å²) >= 11 is 0. The lowest BCUT2D eigenvalue weighted by molar-refractivity contribution is 0.0623. The number of carbonyl (C=O) groups excluding carboxylic acids is 1. The van der Waals surface area contributed by atoms with Gasteiger partial charge >= 0.3 is 0 Å². The summed E-state index contributed by atoms with van der Waals surface area (Å²) in [6.07, 6.45) is 4.61. The van der Waals surface area contributed by atoms with Crippen LogP contribution in [0.25, 0.3) is 0 Å². The molecule has 0 N–H and O–H groups in total. The van der Waals surface area contributed by atoms with Crippen molar-refractivity contribution < 1.29 is 13.8 Å². The molecule has 2 heterocycles. The van der Waals surface area contributed by atoms with Gasteiger partial charge in [0.25, 0.3) is 5.91 Å². The first-order valence-electron chi connectivity index (χ1n) is 8.20. The third-order valence-corrected chi connectivity index (χ3v) is 4.17. The van der Waals surface area contributed by atoms with E-state index >= 15 is 0 Å². The first kappa shape index (κ1) is 15.7. The number of nitrogens with zero attached hydrogens (tertiary/aromatic N) is 4. The molecule has 0 atom stereocenters. The molecule has 7 nitrogen and oxygen atoms in total. The number of rotatable bonds is 5. The van der Waals surface area contributed by atoms with Crippen molar-refractivity contribution in [2.75, 3.05) is 0 Å². The first-order valence-corrected chi connectivity index (χ1v) is 8.20. The molecule has 0 unspecified atom stereocenters. The summed E-state index contributed by atoms with van der Waals surface area (Å²) in [4.78, 5) is 18.9. The lowest BCUT2D eigenvalue weighted by Crippen LogP contribution is -2.37. The zero-order valence-electron chi connectivity index (χ0n) is 13.8. The number of fused-ring (bicyclic) bond motifs is 1. The number of aromatic nitrogens is 3. The Morgan fingerprint density at radius 1 is 1.22 bits per heavy atom. The van der Waals surface area contributed by atoms with Gasteiger partial charge < -0.3 is 13.9 Å². The summed E-state index contributed by atoms with van der Waals surface area (Å²) in [5, 5.41) is 7.95. The van der Waals surface area contributed by atoms with Gasteiger partial charge in [0.15, 0.2) is 5.82 Å². The Labute approximate surface area is 135 Å². The zero-order valence-corrected chi connectivity index (χ0v) is 13.8. The van der Waals surface area contributed by atoms with Crippen molar-refractivity contribution in [1.29, 1.82) is 0 Å². The van der Waals surface area contributed by atoms with E-state index in [1.165, 1.54) is 0 Å². The molecule has 2 aromatic heterocycles. The average Bonchev–Trinajstić information content (AvgIpc) is 3.18. The molecule has 0 radical (unpaired) electrons. The Hall–Kier alpha value is -2.18. The molecule has 0 bridgehead atoms. The Morgan fingerprint density at radius 3 is 2.70 bits per heavy atom. The second-order valence-electron chi connectivity index (χ2n) is 6.13. The van der Waals surface area contributed by atoms with E-state index in [-0.39, 0.29) is 18.5 Å². The average molecular weight is 318 g/mol. The summed E-state index contributed by atoms with van der Waals surface area (Å²) < 4.78 is 10.6. The van der Waals surface area contributed by atoms with E-state index in [1.807, 2.05) is 20.8 Å². The predicted octanol–water partition coefficient (Wildman–Crippen LogP) is 2.55. The molecule has 0 saturated heterocycles. The second-order valence-corrected chi connectivity index (χ2v) is 6.13. The van der Waals surface area contributed by atoms with E-state index in [1.54, 1.807) is 4.90 Å². The van der Waals surface area contributed by atoms with Crippen LogP contribution in [0, 0.1) is 0 Å². The molecule has 0 aromatic carbocycles. The Bertz CT molecular complexity index is 689. The third-order valence-electron chi connectivity index (χ3n) is 4.17. The quantitative estimate of drug-likeness (QED) is 0.842. The largest absolute Gasteiger partial charge is 0.350 e. The van der Waals surface area contributed by atoms with E-state index in [4.69, 9.17) is 9.05 Å². The zero-order chi connectivity index (χ0) is 16.4. The van der Waals surface area contributed by atoms with Gasteiger partial charge in [-0.05, 0) is 39.5 Å². The van der Waals surface area contributed by atoms with Gasteiger partial charge in [-0.15, -0.1) is 0 Å². The fourth-order valence-corrected chi connectivity index (χ4v) is 2.82. The topological polar surface area (TPSA) is 85.3 Å². The number of carbonyl (C=O) groups is 1. The van der Waals surface area contributed by atoms with Crippen LogP contribution in [0.2, 0.25) is 0 Å². The Balaban J connectivity index is 1.83. The van der Waals surface area contributed by atoms with Crippen LogP contribution in [0.1, 0.15) is 67.1 Å². The maximum atomic E-state index is 12.9. The fraction of sp³-hybridized carbons (Fsp3) is 0.625. The SMILES string of the molecule is CCc1noc(CN(C(=O)c2onc3c2CCCC3)C(C)C)n1. The number of amides is 1. The summed E-state index contributed by atoms with van der Waals surface area (Å²) in [5.74, 6) is 1.29. The van der Waals surface area contributed by atoms with Gasteiger partial charge in [0.1, 0.15) is 6.54 Å². The minimum Gasteiger partial charge on any atom is -0.350 e. The van der Waals surface area contributed by atoms with Gasteiger partial charge in [0.2, 0.25) is 11.7 Å². The molecule has 0 aliphatic heterocycles. The van der Waals surface area contributed by atoms with Crippen molar-refractivity contribution in [1.82, 2.24) is 20.2 Å². The van der Waals surface area contributed by atoms with Crippen molar-refractivity contribution in [3.8, 4) is 0 Å². The van der Waals surface area contributed by atoms with E-state index in [0.717, 1.165) is 36.9 Å². The molecule has 0 saturated carbocycles. The molecule has 2 aromatic rings. The molecule has 1 aliphatic rings. The van der Waals surface area contributed by atoms with Gasteiger partial charge in [-0.2, -0.15) is 4.98 Å². The van der Waals surface area contributed by atoms with E-state index in [2.05, 4.69) is 15.3 Å². The van der Waals surface area contributed by atoms with Gasteiger partial charge in [-0.25, -0.2) is 0 Å². The minimum absolute atomic E-state index is 0.0104. The van der Waals surface area contributed by atoms with Crippen LogP contribution in [0.5, 0.6) is 0 Å². The smallest absolute Gasteiger partial charge is 0.293 e. The molecule has 1 amide bonds. The van der Waals surface area contributed by atoms with Crippen molar-refractivity contribution >= 4 is 5.91 Å². The third kappa shape index (κ3) is 3.13. The molecule has 0 fully saturated rings. The predicted molar refractivity (Wildman–Crippen MR) is 81.8 cm³/mol. The Morgan fingerprint density at radius 2 is 2.00 bits per heavy atom. The molecule has 1 aliphatic carbocycles. The van der Waals surface area contributed by atoms with Crippen LogP contribution < -0.4 is 0 Å². The summed E-state index contributed by atoms with van der Waals surface area (Å²) in [6, 6.07) is -0.0104. The lowest BCUT2D eigenvalue weighted by atomic mass is 9.96. The summed E-state index contributed by atoms with van der Waals surface area (Å²) in [7, 11) is 0. The standard InChI is InChI=1S/C16H22N4O3/c1-4-13-17-14(22-19-13)9-20(10(2)3)16(21)15-11-7-5-6-8-12(11)18-23-15/h10H,4-9H2,1-3H3. The molecule has 23 heavy (non-hydrogen) atoms. The molecule has 7 heteroatoms. The molecular formula is C16H22N4O3. The molecule has 124 valence electrons. The Kier molecular flexibility index (Phi) is 4.45. The van der Waals surface area contributed by atoms with Gasteiger partial charge in [-0.1, -0.05) is 17.2 Å². The van der Waals surface area contributed by atoms with Crippen LogP contribution in [-0.4, -0.2) is 32.1 Å². The maximum Gasteiger partial charge on any atom is 0.293 e. The minimum atomic E-state index is -0.160. The van der Waals surface area contributed by atoms with Crippen molar-refractivity contribution in [3.63, 3.8) is 0 Å². The highest BCUT2D eigenvalue weighted by atomic mass is 16.5. The highest BCUT2D eigenvalue weighted by Crippen LogP contribution is 2.25. The maximum absolute atomic E-state index is 12.9. The highest BCUT2D eigenvalue weighted by molar-refractivity contribution is 5.93.